The SMILES string of the molecule is CCOCCCN=C(NN)N(C)CC1CCCC1. The summed E-state index contributed by atoms with van der Waals surface area (Å²) in [7, 11) is 2.06. The van der Waals surface area contributed by atoms with Crippen LogP contribution >= 0.6 is 0 Å². The quantitative estimate of drug-likeness (QED) is 0.237. The van der Waals surface area contributed by atoms with Crippen LogP contribution in [0.1, 0.15) is 39.0 Å². The zero-order valence-electron chi connectivity index (χ0n) is 11.8. The minimum absolute atomic E-state index is 0.758. The molecule has 1 fully saturated rings. The van der Waals surface area contributed by atoms with E-state index < -0.39 is 0 Å². The number of aliphatic imine (C=N–C) groups is 1. The highest BCUT2D eigenvalue weighted by Crippen LogP contribution is 2.25. The zero-order valence-corrected chi connectivity index (χ0v) is 11.8. The molecular weight excluding hydrogens is 228 g/mol. The first kappa shape index (κ1) is 15.2. The van der Waals surface area contributed by atoms with E-state index in [-0.39, 0.29) is 0 Å². The van der Waals surface area contributed by atoms with Gasteiger partial charge >= 0.3 is 0 Å². The van der Waals surface area contributed by atoms with Crippen molar-refractivity contribution in [3.05, 3.63) is 0 Å². The van der Waals surface area contributed by atoms with Gasteiger partial charge in [0.15, 0.2) is 0 Å². The summed E-state index contributed by atoms with van der Waals surface area (Å²) in [6, 6.07) is 0. The summed E-state index contributed by atoms with van der Waals surface area (Å²) in [5.41, 5.74) is 2.70. The lowest BCUT2D eigenvalue weighted by molar-refractivity contribution is 0.146. The maximum Gasteiger partial charge on any atom is 0.208 e. The van der Waals surface area contributed by atoms with Crippen LogP contribution in [0.4, 0.5) is 0 Å². The van der Waals surface area contributed by atoms with Crippen LogP contribution in [0.5, 0.6) is 0 Å². The molecule has 1 aliphatic rings. The molecule has 1 aliphatic carbocycles. The number of guanidine groups is 1. The predicted octanol–water partition coefficient (Wildman–Crippen LogP) is 1.35. The van der Waals surface area contributed by atoms with Crippen molar-refractivity contribution in [2.24, 2.45) is 16.8 Å². The van der Waals surface area contributed by atoms with Gasteiger partial charge in [0, 0.05) is 33.4 Å². The van der Waals surface area contributed by atoms with Gasteiger partial charge in [0.25, 0.3) is 0 Å². The highest BCUT2D eigenvalue weighted by atomic mass is 16.5. The third-order valence-electron chi connectivity index (χ3n) is 3.41. The van der Waals surface area contributed by atoms with Crippen LogP contribution in [-0.2, 0) is 4.74 Å². The molecule has 0 aliphatic heterocycles. The molecule has 18 heavy (non-hydrogen) atoms. The van der Waals surface area contributed by atoms with Crippen LogP contribution in [0, 0.1) is 5.92 Å². The Kier molecular flexibility index (Phi) is 7.76. The summed E-state index contributed by atoms with van der Waals surface area (Å²) in [5, 5.41) is 0. The van der Waals surface area contributed by atoms with Gasteiger partial charge in [0.1, 0.15) is 0 Å². The van der Waals surface area contributed by atoms with Crippen molar-refractivity contribution in [3.63, 3.8) is 0 Å². The van der Waals surface area contributed by atoms with Crippen molar-refractivity contribution in [2.75, 3.05) is 33.4 Å². The lowest BCUT2D eigenvalue weighted by Crippen LogP contribution is -2.44. The van der Waals surface area contributed by atoms with Gasteiger partial charge in [-0.05, 0) is 32.1 Å². The van der Waals surface area contributed by atoms with Crippen LogP contribution in [0.2, 0.25) is 0 Å². The van der Waals surface area contributed by atoms with Gasteiger partial charge < -0.3 is 9.64 Å². The second kappa shape index (κ2) is 9.16. The molecule has 0 unspecified atom stereocenters. The molecule has 0 amide bonds. The average molecular weight is 256 g/mol. The summed E-state index contributed by atoms with van der Waals surface area (Å²) >= 11 is 0. The van der Waals surface area contributed by atoms with E-state index in [4.69, 9.17) is 10.6 Å². The van der Waals surface area contributed by atoms with Gasteiger partial charge in [-0.15, -0.1) is 0 Å². The molecule has 0 radical (unpaired) electrons. The molecule has 0 heterocycles. The number of hydrogen-bond acceptors (Lipinski definition) is 3. The van der Waals surface area contributed by atoms with E-state index in [1.54, 1.807) is 0 Å². The topological polar surface area (TPSA) is 62.9 Å². The fourth-order valence-corrected chi connectivity index (χ4v) is 2.44. The standard InChI is InChI=1S/C13H28N4O/c1-3-18-10-6-9-15-13(16-14)17(2)11-12-7-4-5-8-12/h12H,3-11,14H2,1-2H3,(H,15,16). The second-order valence-corrected chi connectivity index (χ2v) is 4.93. The fraction of sp³-hybridized carbons (Fsp3) is 0.923. The Morgan fingerprint density at radius 2 is 2.17 bits per heavy atom. The molecule has 0 aromatic heterocycles. The Labute approximate surface area is 111 Å². The molecule has 1 rings (SSSR count). The number of hydrogen-bond donors (Lipinski definition) is 2. The monoisotopic (exact) mass is 256 g/mol. The highest BCUT2D eigenvalue weighted by Gasteiger charge is 2.18. The van der Waals surface area contributed by atoms with Crippen molar-refractivity contribution in [1.29, 1.82) is 0 Å². The number of nitrogens with zero attached hydrogens (tertiary/aromatic N) is 2. The maximum atomic E-state index is 5.54. The Hall–Kier alpha value is -0.810. The number of nitrogens with one attached hydrogen (secondary N) is 1. The number of ether oxygens (including phenoxy) is 1. The van der Waals surface area contributed by atoms with Gasteiger partial charge in [-0.3, -0.25) is 10.4 Å². The number of hydrazine groups is 1. The molecule has 0 spiro atoms. The number of rotatable bonds is 7. The second-order valence-electron chi connectivity index (χ2n) is 4.93. The molecule has 0 saturated heterocycles. The number of nitrogens with two attached hydrogens (primary N) is 1. The highest BCUT2D eigenvalue weighted by molar-refractivity contribution is 5.79. The van der Waals surface area contributed by atoms with Crippen LogP contribution in [0.3, 0.4) is 0 Å². The smallest absolute Gasteiger partial charge is 0.208 e. The van der Waals surface area contributed by atoms with Crippen molar-refractivity contribution in [2.45, 2.75) is 39.0 Å². The largest absolute Gasteiger partial charge is 0.382 e. The summed E-state index contributed by atoms with van der Waals surface area (Å²) in [4.78, 5) is 6.62. The van der Waals surface area contributed by atoms with Gasteiger partial charge in [0.05, 0.1) is 0 Å². The van der Waals surface area contributed by atoms with E-state index in [0.29, 0.717) is 0 Å². The molecule has 0 aromatic rings. The fourth-order valence-electron chi connectivity index (χ4n) is 2.44. The van der Waals surface area contributed by atoms with Crippen molar-refractivity contribution in [1.82, 2.24) is 10.3 Å². The van der Waals surface area contributed by atoms with Crippen LogP contribution in [0.25, 0.3) is 0 Å². The zero-order chi connectivity index (χ0) is 13.2. The van der Waals surface area contributed by atoms with Gasteiger partial charge in [-0.1, -0.05) is 12.8 Å². The van der Waals surface area contributed by atoms with Gasteiger partial charge in [-0.2, -0.15) is 0 Å². The van der Waals surface area contributed by atoms with E-state index in [0.717, 1.165) is 44.6 Å². The van der Waals surface area contributed by atoms with E-state index in [1.807, 2.05) is 6.92 Å². The Balaban J connectivity index is 2.26. The third kappa shape index (κ3) is 5.69. The average Bonchev–Trinajstić information content (AvgIpc) is 2.86. The molecular formula is C13H28N4O. The van der Waals surface area contributed by atoms with Crippen LogP contribution in [-0.4, -0.2) is 44.2 Å². The third-order valence-corrected chi connectivity index (χ3v) is 3.41. The summed E-state index contributed by atoms with van der Waals surface area (Å²) in [5.74, 6) is 7.13. The summed E-state index contributed by atoms with van der Waals surface area (Å²) < 4.78 is 5.28. The Morgan fingerprint density at radius 3 is 2.78 bits per heavy atom. The minimum Gasteiger partial charge on any atom is -0.382 e. The molecule has 5 heteroatoms. The lowest BCUT2D eigenvalue weighted by atomic mass is 10.1. The first-order valence-electron chi connectivity index (χ1n) is 7.07. The normalized spacial score (nSPS) is 17.2. The van der Waals surface area contributed by atoms with E-state index in [9.17, 15) is 0 Å². The van der Waals surface area contributed by atoms with E-state index >= 15 is 0 Å². The maximum absolute atomic E-state index is 5.54. The summed E-state index contributed by atoms with van der Waals surface area (Å²) in [6.45, 7) is 5.35. The molecule has 5 nitrogen and oxygen atoms in total. The van der Waals surface area contributed by atoms with Crippen molar-refractivity contribution < 1.29 is 4.74 Å². The molecule has 0 aromatic carbocycles. The van der Waals surface area contributed by atoms with Crippen LogP contribution in [0.15, 0.2) is 4.99 Å². The molecule has 0 atom stereocenters. The molecule has 106 valence electrons. The van der Waals surface area contributed by atoms with E-state index in [1.165, 1.54) is 25.7 Å². The van der Waals surface area contributed by atoms with Gasteiger partial charge in [-0.25, -0.2) is 5.84 Å². The van der Waals surface area contributed by atoms with Gasteiger partial charge in [0.2, 0.25) is 5.96 Å². The lowest BCUT2D eigenvalue weighted by Gasteiger charge is -2.23. The van der Waals surface area contributed by atoms with Crippen molar-refractivity contribution >= 4 is 5.96 Å². The summed E-state index contributed by atoms with van der Waals surface area (Å²) in [6.07, 6.45) is 6.36. The molecule has 1 saturated carbocycles. The molecule has 0 bridgehead atoms. The molecule has 3 N–H and O–H groups in total. The predicted molar refractivity (Wildman–Crippen MR) is 75.3 cm³/mol. The Morgan fingerprint density at radius 1 is 1.44 bits per heavy atom. The first-order valence-corrected chi connectivity index (χ1v) is 7.07. The Bertz CT molecular complexity index is 239. The van der Waals surface area contributed by atoms with Crippen LogP contribution < -0.4 is 11.3 Å². The minimum atomic E-state index is 0.758. The van der Waals surface area contributed by atoms with Crippen molar-refractivity contribution in [3.8, 4) is 0 Å². The van der Waals surface area contributed by atoms with E-state index in [2.05, 4.69) is 22.4 Å². The first-order chi connectivity index (χ1) is 8.77.